The van der Waals surface area contributed by atoms with Crippen molar-refractivity contribution in [2.24, 2.45) is 5.92 Å². The highest BCUT2D eigenvalue weighted by Crippen LogP contribution is 2.45. The van der Waals surface area contributed by atoms with Crippen LogP contribution in [0.5, 0.6) is 5.75 Å². The molecule has 2 aliphatic rings. The second-order valence-corrected chi connectivity index (χ2v) is 8.42. The Bertz CT molecular complexity index is 588. The van der Waals surface area contributed by atoms with Crippen LogP contribution in [-0.4, -0.2) is 47.6 Å². The van der Waals surface area contributed by atoms with Crippen LogP contribution in [0.1, 0.15) is 57.4 Å². The van der Waals surface area contributed by atoms with Gasteiger partial charge in [0, 0.05) is 24.7 Å². The van der Waals surface area contributed by atoms with Gasteiger partial charge in [-0.25, -0.2) is 0 Å². The second-order valence-electron chi connectivity index (χ2n) is 8.42. The largest absolute Gasteiger partial charge is 0.508 e. The van der Waals surface area contributed by atoms with Crippen molar-refractivity contribution in [3.8, 4) is 5.75 Å². The van der Waals surface area contributed by atoms with Gasteiger partial charge in [-0.05, 0) is 82.2 Å². The molecule has 144 valence electrons. The van der Waals surface area contributed by atoms with Gasteiger partial charge in [-0.1, -0.05) is 25.1 Å². The molecule has 0 unspecified atom stereocenters. The first-order chi connectivity index (χ1) is 12.6. The predicted molar refractivity (Wildman–Crippen MR) is 109 cm³/mol. The first-order valence-corrected chi connectivity index (χ1v) is 10.4. The lowest BCUT2D eigenvalue weighted by molar-refractivity contribution is 0.0331. The normalized spacial score (nSPS) is 26.4. The zero-order valence-corrected chi connectivity index (χ0v) is 16.7. The summed E-state index contributed by atoms with van der Waals surface area (Å²) in [7, 11) is 2.30. The summed E-state index contributed by atoms with van der Waals surface area (Å²) in [4.78, 5) is 5.22. The molecule has 3 heteroatoms. The third kappa shape index (κ3) is 4.32. The summed E-state index contributed by atoms with van der Waals surface area (Å²) in [6.07, 6.45) is 10.8. The number of aromatic hydroxyl groups is 1. The van der Waals surface area contributed by atoms with Crippen molar-refractivity contribution in [1.82, 2.24) is 9.80 Å². The van der Waals surface area contributed by atoms with E-state index in [9.17, 15) is 5.11 Å². The monoisotopic (exact) mass is 356 g/mol. The smallest absolute Gasteiger partial charge is 0.115 e. The van der Waals surface area contributed by atoms with Crippen molar-refractivity contribution in [3.05, 3.63) is 42.5 Å². The van der Waals surface area contributed by atoms with Crippen LogP contribution in [0.25, 0.3) is 0 Å². The third-order valence-corrected chi connectivity index (χ3v) is 6.52. The number of phenols is 1. The van der Waals surface area contributed by atoms with Gasteiger partial charge in [-0.15, -0.1) is 6.58 Å². The van der Waals surface area contributed by atoms with Crippen LogP contribution in [0.15, 0.2) is 36.9 Å². The maximum atomic E-state index is 10.1. The summed E-state index contributed by atoms with van der Waals surface area (Å²) < 4.78 is 0. The Balaban J connectivity index is 1.78. The number of phenolic OH excluding ortho intramolecular Hbond substituents is 1. The van der Waals surface area contributed by atoms with Crippen LogP contribution in [-0.2, 0) is 5.54 Å². The van der Waals surface area contributed by atoms with Crippen LogP contribution < -0.4 is 0 Å². The minimum Gasteiger partial charge on any atom is -0.508 e. The maximum absolute atomic E-state index is 10.1. The van der Waals surface area contributed by atoms with Gasteiger partial charge < -0.3 is 5.11 Å². The summed E-state index contributed by atoms with van der Waals surface area (Å²) in [5.41, 5.74) is 1.37. The molecular weight excluding hydrogens is 320 g/mol. The summed E-state index contributed by atoms with van der Waals surface area (Å²) >= 11 is 0. The average Bonchev–Trinajstić information content (AvgIpc) is 3.45. The summed E-state index contributed by atoms with van der Waals surface area (Å²) in [5, 5.41) is 10.1. The Morgan fingerprint density at radius 2 is 1.96 bits per heavy atom. The van der Waals surface area contributed by atoms with Crippen LogP contribution in [0, 0.1) is 5.92 Å². The minimum absolute atomic E-state index is 0.0733. The van der Waals surface area contributed by atoms with E-state index in [1.807, 2.05) is 18.2 Å². The molecule has 2 fully saturated rings. The van der Waals surface area contributed by atoms with E-state index in [1.54, 1.807) is 6.07 Å². The van der Waals surface area contributed by atoms with E-state index in [0.717, 1.165) is 19.0 Å². The number of hydrogen-bond donors (Lipinski definition) is 1. The topological polar surface area (TPSA) is 26.7 Å². The highest BCUT2D eigenvalue weighted by molar-refractivity contribution is 5.33. The van der Waals surface area contributed by atoms with E-state index >= 15 is 0 Å². The van der Waals surface area contributed by atoms with E-state index < -0.39 is 0 Å². The van der Waals surface area contributed by atoms with Gasteiger partial charge in [0.2, 0.25) is 0 Å². The fourth-order valence-corrected chi connectivity index (χ4v) is 4.87. The van der Waals surface area contributed by atoms with Crippen molar-refractivity contribution >= 4 is 0 Å². The van der Waals surface area contributed by atoms with Crippen molar-refractivity contribution in [2.75, 3.05) is 26.7 Å². The molecule has 0 bridgehead atoms. The molecule has 1 aromatic rings. The standard InChI is InChI=1S/C23H36N2O/c1-4-15-25(16-5-2)21-11-13-23(14-12-21,24(3)18-19-9-10-19)20-7-6-8-22(26)17-20/h4,6-8,17,19,21,26H,1,5,9-16,18H2,2-3H3. The fourth-order valence-electron chi connectivity index (χ4n) is 4.87. The second kappa shape index (κ2) is 8.58. The molecule has 1 aromatic carbocycles. The molecule has 0 aromatic heterocycles. The lowest BCUT2D eigenvalue weighted by Crippen LogP contribution is -2.50. The van der Waals surface area contributed by atoms with Crippen LogP contribution in [0.3, 0.4) is 0 Å². The summed E-state index contributed by atoms with van der Waals surface area (Å²) in [6, 6.07) is 8.67. The highest BCUT2D eigenvalue weighted by atomic mass is 16.3. The number of benzene rings is 1. The number of hydrogen-bond acceptors (Lipinski definition) is 3. The quantitative estimate of drug-likeness (QED) is 0.646. The molecule has 0 atom stereocenters. The molecule has 0 spiro atoms. The van der Waals surface area contributed by atoms with Gasteiger partial charge in [-0.3, -0.25) is 9.80 Å². The van der Waals surface area contributed by atoms with Crippen LogP contribution in [0.4, 0.5) is 0 Å². The predicted octanol–water partition coefficient (Wildman–Crippen LogP) is 4.77. The molecule has 3 nitrogen and oxygen atoms in total. The van der Waals surface area contributed by atoms with E-state index in [4.69, 9.17) is 0 Å². The number of nitrogens with zero attached hydrogens (tertiary/aromatic N) is 2. The van der Waals surface area contributed by atoms with Crippen LogP contribution >= 0.6 is 0 Å². The molecule has 0 heterocycles. The molecular formula is C23H36N2O. The zero-order valence-electron chi connectivity index (χ0n) is 16.7. The summed E-state index contributed by atoms with van der Waals surface area (Å²) in [6.45, 7) is 9.56. The van der Waals surface area contributed by atoms with Crippen LogP contribution in [0.2, 0.25) is 0 Å². The zero-order chi connectivity index (χ0) is 18.6. The van der Waals surface area contributed by atoms with Crippen molar-refractivity contribution in [1.29, 1.82) is 0 Å². The van der Waals surface area contributed by atoms with E-state index in [1.165, 1.54) is 57.1 Å². The first kappa shape index (κ1) is 19.4. The van der Waals surface area contributed by atoms with Crippen molar-refractivity contribution in [3.63, 3.8) is 0 Å². The molecule has 2 saturated carbocycles. The molecule has 2 aliphatic carbocycles. The van der Waals surface area contributed by atoms with Gasteiger partial charge in [0.1, 0.15) is 5.75 Å². The summed E-state index contributed by atoms with van der Waals surface area (Å²) in [5.74, 6) is 1.27. The highest BCUT2D eigenvalue weighted by Gasteiger charge is 2.42. The Morgan fingerprint density at radius 1 is 1.23 bits per heavy atom. The SMILES string of the molecule is C=CCN(CCC)C1CCC(c2cccc(O)c2)(N(C)CC2CC2)CC1. The maximum Gasteiger partial charge on any atom is 0.115 e. The van der Waals surface area contributed by atoms with E-state index in [2.05, 4.69) is 36.4 Å². The van der Waals surface area contributed by atoms with Crippen molar-refractivity contribution in [2.45, 2.75) is 63.5 Å². The van der Waals surface area contributed by atoms with Gasteiger partial charge in [-0.2, -0.15) is 0 Å². The molecule has 0 radical (unpaired) electrons. The van der Waals surface area contributed by atoms with Gasteiger partial charge in [0.05, 0.1) is 0 Å². The molecule has 26 heavy (non-hydrogen) atoms. The average molecular weight is 357 g/mol. The lowest BCUT2D eigenvalue weighted by Gasteiger charge is -2.49. The van der Waals surface area contributed by atoms with E-state index in [-0.39, 0.29) is 5.54 Å². The molecule has 1 N–H and O–H groups in total. The van der Waals surface area contributed by atoms with E-state index in [0.29, 0.717) is 11.8 Å². The van der Waals surface area contributed by atoms with Gasteiger partial charge in [0.25, 0.3) is 0 Å². The number of rotatable bonds is 9. The molecule has 0 saturated heterocycles. The fraction of sp³-hybridized carbons (Fsp3) is 0.652. The Labute approximate surface area is 159 Å². The Morgan fingerprint density at radius 3 is 2.54 bits per heavy atom. The van der Waals surface area contributed by atoms with Gasteiger partial charge >= 0.3 is 0 Å². The minimum atomic E-state index is 0.0733. The molecule has 3 rings (SSSR count). The molecule has 0 amide bonds. The van der Waals surface area contributed by atoms with Gasteiger partial charge in [0.15, 0.2) is 0 Å². The Kier molecular flexibility index (Phi) is 6.42. The molecule has 0 aliphatic heterocycles. The third-order valence-electron chi connectivity index (χ3n) is 6.52. The first-order valence-electron chi connectivity index (χ1n) is 10.4. The van der Waals surface area contributed by atoms with Crippen molar-refractivity contribution < 1.29 is 5.11 Å². The lowest BCUT2D eigenvalue weighted by atomic mass is 9.73. The Hall–Kier alpha value is -1.32.